The molecule has 0 aliphatic heterocycles. The van der Waals surface area contributed by atoms with Crippen LogP contribution in [0.2, 0.25) is 0 Å². The van der Waals surface area contributed by atoms with Crippen molar-refractivity contribution >= 4 is 17.4 Å². The fourth-order valence-corrected chi connectivity index (χ4v) is 3.48. The Morgan fingerprint density at radius 3 is 2.68 bits per heavy atom. The molecule has 1 fully saturated rings. The Labute approximate surface area is 121 Å². The molecule has 0 atom stereocenters. The lowest BCUT2D eigenvalue weighted by atomic mass is 10.0. The van der Waals surface area contributed by atoms with Gasteiger partial charge in [0.25, 0.3) is 0 Å². The summed E-state index contributed by atoms with van der Waals surface area (Å²) in [4.78, 5) is 11.7. The van der Waals surface area contributed by atoms with Gasteiger partial charge < -0.3 is 4.57 Å². The second-order valence-electron chi connectivity index (χ2n) is 5.79. The monoisotopic (exact) mass is 281 g/mol. The third kappa shape index (κ3) is 3.42. The number of carbonyl (C=O) groups excluding carboxylic acids is 1. The van der Waals surface area contributed by atoms with Crippen LogP contribution in [0.1, 0.15) is 60.3 Å². The number of rotatable bonds is 6. The Kier molecular flexibility index (Phi) is 5.09. The minimum atomic E-state index is 0.0387. The highest BCUT2D eigenvalue weighted by atomic mass is 35.5. The average Bonchev–Trinajstić information content (AvgIpc) is 3.00. The second-order valence-corrected chi connectivity index (χ2v) is 6.05. The van der Waals surface area contributed by atoms with E-state index in [1.807, 2.05) is 13.0 Å². The van der Waals surface area contributed by atoms with E-state index >= 15 is 0 Å². The van der Waals surface area contributed by atoms with Gasteiger partial charge >= 0.3 is 0 Å². The Balaban J connectivity index is 1.95. The molecule has 0 unspecified atom stereocenters. The van der Waals surface area contributed by atoms with Crippen LogP contribution < -0.4 is 0 Å². The lowest BCUT2D eigenvalue weighted by Crippen LogP contribution is -2.07. The second kappa shape index (κ2) is 6.60. The lowest BCUT2D eigenvalue weighted by Gasteiger charge is -2.12. The molecule has 1 aliphatic rings. The van der Waals surface area contributed by atoms with Crippen molar-refractivity contribution in [1.82, 2.24) is 4.57 Å². The van der Waals surface area contributed by atoms with Gasteiger partial charge in [-0.15, -0.1) is 11.6 Å². The van der Waals surface area contributed by atoms with Crippen LogP contribution in [-0.4, -0.2) is 16.2 Å². The molecule has 2 nitrogen and oxygen atoms in total. The summed E-state index contributed by atoms with van der Waals surface area (Å²) in [6.07, 6.45) is 8.21. The fraction of sp³-hybridized carbons (Fsp3) is 0.688. The quantitative estimate of drug-likeness (QED) is 0.556. The number of aryl methyl sites for hydroxylation is 1. The Hall–Kier alpha value is -0.760. The van der Waals surface area contributed by atoms with E-state index in [1.165, 1.54) is 44.2 Å². The van der Waals surface area contributed by atoms with E-state index in [0.29, 0.717) is 0 Å². The molecule has 1 saturated carbocycles. The molecule has 1 aliphatic carbocycles. The van der Waals surface area contributed by atoms with E-state index in [9.17, 15) is 4.79 Å². The number of hydrogen-bond acceptors (Lipinski definition) is 1. The number of Topliss-reactive ketones (excluding diaryl/α,β-unsaturated/α-hetero) is 1. The first kappa shape index (κ1) is 14.6. The van der Waals surface area contributed by atoms with Gasteiger partial charge in [-0.2, -0.15) is 0 Å². The molecule has 1 aromatic heterocycles. The number of ketones is 1. The molecule has 3 heteroatoms. The number of hydrogen-bond donors (Lipinski definition) is 0. The fourth-order valence-electron chi connectivity index (χ4n) is 3.34. The molecule has 0 N–H and O–H groups in total. The molecule has 0 radical (unpaired) electrons. The molecule has 0 amide bonds. The van der Waals surface area contributed by atoms with E-state index < -0.39 is 0 Å². The molecule has 0 aromatic carbocycles. The molecular formula is C16H24ClNO. The van der Waals surface area contributed by atoms with E-state index in [2.05, 4.69) is 11.5 Å². The topological polar surface area (TPSA) is 22.0 Å². The normalized spacial score (nSPS) is 16.2. The molecule has 0 spiro atoms. The molecule has 106 valence electrons. The summed E-state index contributed by atoms with van der Waals surface area (Å²) in [6, 6.07) is 1.98. The van der Waals surface area contributed by atoms with E-state index in [1.54, 1.807) is 0 Å². The van der Waals surface area contributed by atoms with Gasteiger partial charge in [-0.3, -0.25) is 4.79 Å². The first-order valence-corrected chi connectivity index (χ1v) is 7.92. The zero-order valence-electron chi connectivity index (χ0n) is 12.0. The Morgan fingerprint density at radius 2 is 2.05 bits per heavy atom. The number of nitrogens with zero attached hydrogens (tertiary/aromatic N) is 1. The van der Waals surface area contributed by atoms with Gasteiger partial charge in [0.1, 0.15) is 0 Å². The van der Waals surface area contributed by atoms with Crippen LogP contribution >= 0.6 is 11.6 Å². The van der Waals surface area contributed by atoms with Gasteiger partial charge in [-0.1, -0.05) is 25.7 Å². The SMILES string of the molecule is Cc1cc(C(=O)CCl)c(C)n1CCCC1CCCC1. The van der Waals surface area contributed by atoms with Crippen LogP contribution in [0.15, 0.2) is 6.07 Å². The summed E-state index contributed by atoms with van der Waals surface area (Å²) in [7, 11) is 0. The van der Waals surface area contributed by atoms with Gasteiger partial charge in [0.15, 0.2) is 5.78 Å². The predicted molar refractivity (Wildman–Crippen MR) is 80.1 cm³/mol. The summed E-state index contributed by atoms with van der Waals surface area (Å²) >= 11 is 5.65. The van der Waals surface area contributed by atoms with Gasteiger partial charge in [0, 0.05) is 23.5 Å². The van der Waals surface area contributed by atoms with E-state index in [4.69, 9.17) is 11.6 Å². The van der Waals surface area contributed by atoms with Crippen LogP contribution in [0.25, 0.3) is 0 Å². The van der Waals surface area contributed by atoms with Crippen molar-refractivity contribution in [2.24, 2.45) is 5.92 Å². The van der Waals surface area contributed by atoms with E-state index in [-0.39, 0.29) is 11.7 Å². The van der Waals surface area contributed by atoms with Crippen molar-refractivity contribution in [2.45, 2.75) is 58.9 Å². The van der Waals surface area contributed by atoms with Gasteiger partial charge in [0.2, 0.25) is 0 Å². The van der Waals surface area contributed by atoms with Gasteiger partial charge in [0.05, 0.1) is 5.88 Å². The van der Waals surface area contributed by atoms with Crippen molar-refractivity contribution in [3.63, 3.8) is 0 Å². The highest BCUT2D eigenvalue weighted by Crippen LogP contribution is 2.29. The van der Waals surface area contributed by atoms with Crippen LogP contribution in [0.3, 0.4) is 0 Å². The average molecular weight is 282 g/mol. The summed E-state index contributed by atoms with van der Waals surface area (Å²) in [5.41, 5.74) is 3.06. The van der Waals surface area contributed by atoms with Crippen LogP contribution in [0.4, 0.5) is 0 Å². The zero-order valence-corrected chi connectivity index (χ0v) is 12.8. The largest absolute Gasteiger partial charge is 0.348 e. The van der Waals surface area contributed by atoms with Gasteiger partial charge in [-0.25, -0.2) is 0 Å². The Morgan fingerprint density at radius 1 is 1.37 bits per heavy atom. The summed E-state index contributed by atoms with van der Waals surface area (Å²) in [5, 5.41) is 0. The maximum atomic E-state index is 11.7. The smallest absolute Gasteiger partial charge is 0.179 e. The number of alkyl halides is 1. The molecule has 19 heavy (non-hydrogen) atoms. The molecular weight excluding hydrogens is 258 g/mol. The minimum absolute atomic E-state index is 0.0387. The number of halogens is 1. The molecule has 2 rings (SSSR count). The maximum absolute atomic E-state index is 11.7. The van der Waals surface area contributed by atoms with Crippen molar-refractivity contribution < 1.29 is 4.79 Å². The van der Waals surface area contributed by atoms with Crippen LogP contribution in [0.5, 0.6) is 0 Å². The summed E-state index contributed by atoms with van der Waals surface area (Å²) < 4.78 is 2.27. The van der Waals surface area contributed by atoms with Gasteiger partial charge in [-0.05, 0) is 38.7 Å². The number of aromatic nitrogens is 1. The first-order valence-electron chi connectivity index (χ1n) is 7.39. The lowest BCUT2D eigenvalue weighted by molar-refractivity contribution is 0.102. The molecule has 0 bridgehead atoms. The third-order valence-corrected chi connectivity index (χ3v) is 4.71. The van der Waals surface area contributed by atoms with Crippen LogP contribution in [0, 0.1) is 19.8 Å². The minimum Gasteiger partial charge on any atom is -0.348 e. The highest BCUT2D eigenvalue weighted by Gasteiger charge is 2.16. The number of carbonyl (C=O) groups is 1. The highest BCUT2D eigenvalue weighted by molar-refractivity contribution is 6.30. The first-order chi connectivity index (χ1) is 9.13. The zero-order chi connectivity index (χ0) is 13.8. The van der Waals surface area contributed by atoms with Crippen LogP contribution in [-0.2, 0) is 6.54 Å². The van der Waals surface area contributed by atoms with Crippen molar-refractivity contribution in [3.05, 3.63) is 23.0 Å². The third-order valence-electron chi connectivity index (χ3n) is 4.46. The summed E-state index contributed by atoms with van der Waals surface area (Å²) in [6.45, 7) is 5.14. The van der Waals surface area contributed by atoms with Crippen molar-refractivity contribution in [1.29, 1.82) is 0 Å². The Bertz CT molecular complexity index is 444. The summed E-state index contributed by atoms with van der Waals surface area (Å²) in [5.74, 6) is 1.06. The van der Waals surface area contributed by atoms with Crippen molar-refractivity contribution in [2.75, 3.05) is 5.88 Å². The van der Waals surface area contributed by atoms with Crippen molar-refractivity contribution in [3.8, 4) is 0 Å². The van der Waals surface area contributed by atoms with E-state index in [0.717, 1.165) is 23.7 Å². The molecule has 0 saturated heterocycles. The molecule has 1 aromatic rings. The standard InChI is InChI=1S/C16H24ClNO/c1-12-10-15(16(19)11-17)13(2)18(12)9-5-8-14-6-3-4-7-14/h10,14H,3-9,11H2,1-2H3. The predicted octanol–water partition coefficient (Wildman–Crippen LogP) is 4.50. The maximum Gasteiger partial charge on any atom is 0.179 e. The molecule has 1 heterocycles.